The summed E-state index contributed by atoms with van der Waals surface area (Å²) in [7, 11) is 1.89. The highest BCUT2D eigenvalue weighted by Gasteiger charge is 2.56. The summed E-state index contributed by atoms with van der Waals surface area (Å²) in [6.07, 6.45) is 4.30. The lowest BCUT2D eigenvalue weighted by atomic mass is 9.64. The zero-order valence-corrected chi connectivity index (χ0v) is 17.7. The minimum atomic E-state index is -0.839. The average Bonchev–Trinajstić information content (AvgIpc) is 2.76. The second kappa shape index (κ2) is 7.95. The van der Waals surface area contributed by atoms with Crippen molar-refractivity contribution >= 4 is 30.3 Å². The Balaban J connectivity index is 0.00000261. The minimum absolute atomic E-state index is 0. The van der Waals surface area contributed by atoms with E-state index in [0.29, 0.717) is 31.8 Å². The number of likely N-dealkylation sites (tertiary alicyclic amines) is 1. The standard InChI is InChI=1S/C19H32N4O3.ClH/c1-13-8-18(2,3)12-19(9-13)16(25)23(17(26)21-19)11-15(24)22-7-5-6-14(10-22)20-4;/h13-14,20H,5-12H2,1-4H3,(H,21,26);1H. The molecule has 0 aromatic heterocycles. The van der Waals surface area contributed by atoms with Gasteiger partial charge < -0.3 is 15.5 Å². The van der Waals surface area contributed by atoms with Gasteiger partial charge in [0.2, 0.25) is 5.91 Å². The molecule has 27 heavy (non-hydrogen) atoms. The number of amides is 4. The van der Waals surface area contributed by atoms with Crippen LogP contribution in [-0.4, -0.2) is 65.9 Å². The second-order valence-electron chi connectivity index (χ2n) is 9.23. The highest BCUT2D eigenvalue weighted by molar-refractivity contribution is 6.09. The van der Waals surface area contributed by atoms with Gasteiger partial charge in [0, 0.05) is 19.1 Å². The van der Waals surface area contributed by atoms with E-state index in [1.54, 1.807) is 4.90 Å². The number of rotatable bonds is 3. The molecule has 3 rings (SSSR count). The highest BCUT2D eigenvalue weighted by Crippen LogP contribution is 2.46. The number of hydrogen-bond donors (Lipinski definition) is 2. The summed E-state index contributed by atoms with van der Waals surface area (Å²) in [5.41, 5.74) is -0.846. The van der Waals surface area contributed by atoms with Crippen molar-refractivity contribution in [3.63, 3.8) is 0 Å². The molecule has 2 saturated heterocycles. The predicted molar refractivity (Wildman–Crippen MR) is 106 cm³/mol. The number of urea groups is 1. The lowest BCUT2D eigenvalue weighted by Gasteiger charge is -2.43. The molecule has 2 N–H and O–H groups in total. The fourth-order valence-corrected chi connectivity index (χ4v) is 5.32. The van der Waals surface area contributed by atoms with Crippen LogP contribution in [0.3, 0.4) is 0 Å². The van der Waals surface area contributed by atoms with Gasteiger partial charge in [0.1, 0.15) is 12.1 Å². The summed E-state index contributed by atoms with van der Waals surface area (Å²) in [5.74, 6) is -0.0107. The fourth-order valence-electron chi connectivity index (χ4n) is 5.32. The van der Waals surface area contributed by atoms with Crippen LogP contribution in [0.15, 0.2) is 0 Å². The van der Waals surface area contributed by atoms with Crippen LogP contribution in [0.4, 0.5) is 4.79 Å². The first-order valence-corrected chi connectivity index (χ1v) is 9.75. The normalized spacial score (nSPS) is 33.0. The number of carbonyl (C=O) groups excluding carboxylic acids is 3. The smallest absolute Gasteiger partial charge is 0.325 e. The van der Waals surface area contributed by atoms with E-state index in [0.717, 1.165) is 24.2 Å². The van der Waals surface area contributed by atoms with Crippen LogP contribution in [-0.2, 0) is 9.59 Å². The van der Waals surface area contributed by atoms with Gasteiger partial charge in [-0.2, -0.15) is 0 Å². The Morgan fingerprint density at radius 3 is 2.63 bits per heavy atom. The van der Waals surface area contributed by atoms with Crippen LogP contribution in [0, 0.1) is 11.3 Å². The van der Waals surface area contributed by atoms with Crippen molar-refractivity contribution in [3.05, 3.63) is 0 Å². The number of likely N-dealkylation sites (N-methyl/N-ethyl adjacent to an activating group) is 1. The van der Waals surface area contributed by atoms with Crippen molar-refractivity contribution in [2.45, 2.75) is 64.5 Å². The van der Waals surface area contributed by atoms with Crippen molar-refractivity contribution < 1.29 is 14.4 Å². The topological polar surface area (TPSA) is 81.8 Å². The van der Waals surface area contributed by atoms with Crippen molar-refractivity contribution in [1.29, 1.82) is 0 Å². The number of imide groups is 1. The first-order valence-electron chi connectivity index (χ1n) is 9.75. The molecule has 1 saturated carbocycles. The predicted octanol–water partition coefficient (Wildman–Crippen LogP) is 1.76. The van der Waals surface area contributed by atoms with E-state index in [4.69, 9.17) is 0 Å². The second-order valence-corrected chi connectivity index (χ2v) is 9.23. The van der Waals surface area contributed by atoms with Crippen molar-refractivity contribution in [3.8, 4) is 0 Å². The number of nitrogens with one attached hydrogen (secondary N) is 2. The van der Waals surface area contributed by atoms with Gasteiger partial charge in [-0.25, -0.2) is 4.79 Å². The minimum Gasteiger partial charge on any atom is -0.340 e. The van der Waals surface area contributed by atoms with Crippen LogP contribution >= 0.6 is 12.4 Å². The maximum absolute atomic E-state index is 13.1. The van der Waals surface area contributed by atoms with Crippen LogP contribution < -0.4 is 10.6 Å². The molecule has 3 atom stereocenters. The first kappa shape index (κ1) is 22.0. The number of nitrogens with zero attached hydrogens (tertiary/aromatic N) is 2. The molecule has 0 bridgehead atoms. The molecule has 2 aliphatic heterocycles. The monoisotopic (exact) mass is 400 g/mol. The van der Waals surface area contributed by atoms with Gasteiger partial charge in [-0.3, -0.25) is 14.5 Å². The SMILES string of the molecule is CNC1CCCN(C(=O)CN2C(=O)NC3(CC(C)CC(C)(C)C3)C2=O)C1.Cl. The third-order valence-corrected chi connectivity index (χ3v) is 6.10. The largest absolute Gasteiger partial charge is 0.340 e. The van der Waals surface area contributed by atoms with Crippen molar-refractivity contribution in [2.75, 3.05) is 26.7 Å². The molecular formula is C19H33ClN4O3. The summed E-state index contributed by atoms with van der Waals surface area (Å²) in [4.78, 5) is 41.2. The van der Waals surface area contributed by atoms with Gasteiger partial charge in [-0.1, -0.05) is 20.8 Å². The molecule has 3 fully saturated rings. The molecule has 0 aromatic carbocycles. The molecule has 1 aliphatic carbocycles. The lowest BCUT2D eigenvalue weighted by Crippen LogP contribution is -2.54. The summed E-state index contributed by atoms with van der Waals surface area (Å²) in [6, 6.07) is -0.141. The molecule has 154 valence electrons. The Hall–Kier alpha value is -1.34. The zero-order chi connectivity index (χ0) is 19.1. The average molecular weight is 401 g/mol. The Kier molecular flexibility index (Phi) is 6.47. The molecule has 4 amide bonds. The fraction of sp³-hybridized carbons (Fsp3) is 0.842. The van der Waals surface area contributed by atoms with Crippen LogP contribution in [0.25, 0.3) is 0 Å². The Morgan fingerprint density at radius 1 is 1.30 bits per heavy atom. The third kappa shape index (κ3) is 4.40. The van der Waals surface area contributed by atoms with Crippen molar-refractivity contribution in [2.24, 2.45) is 11.3 Å². The Bertz CT molecular complexity index is 612. The van der Waals surface area contributed by atoms with Gasteiger partial charge in [0.05, 0.1) is 0 Å². The molecule has 7 nitrogen and oxygen atoms in total. The quantitative estimate of drug-likeness (QED) is 0.707. The van der Waals surface area contributed by atoms with E-state index in [1.165, 1.54) is 0 Å². The summed E-state index contributed by atoms with van der Waals surface area (Å²) >= 11 is 0. The number of piperidine rings is 1. The zero-order valence-electron chi connectivity index (χ0n) is 16.8. The number of carbonyl (C=O) groups is 3. The van der Waals surface area contributed by atoms with E-state index >= 15 is 0 Å². The molecule has 8 heteroatoms. The van der Waals surface area contributed by atoms with E-state index in [-0.39, 0.29) is 42.2 Å². The van der Waals surface area contributed by atoms with Crippen LogP contribution in [0.5, 0.6) is 0 Å². The number of halogens is 1. The van der Waals surface area contributed by atoms with E-state index in [9.17, 15) is 14.4 Å². The van der Waals surface area contributed by atoms with Gasteiger partial charge in [0.15, 0.2) is 0 Å². The molecule has 3 aliphatic rings. The maximum Gasteiger partial charge on any atom is 0.325 e. The highest BCUT2D eigenvalue weighted by atomic mass is 35.5. The Labute approximate surface area is 168 Å². The van der Waals surface area contributed by atoms with Gasteiger partial charge >= 0.3 is 6.03 Å². The lowest BCUT2D eigenvalue weighted by molar-refractivity contribution is -0.141. The summed E-state index contributed by atoms with van der Waals surface area (Å²) in [5, 5.41) is 6.14. The van der Waals surface area contributed by atoms with Gasteiger partial charge in [0.25, 0.3) is 5.91 Å². The molecule has 1 spiro atoms. The first-order chi connectivity index (χ1) is 12.2. The molecule has 2 heterocycles. The van der Waals surface area contributed by atoms with Crippen LogP contribution in [0.1, 0.15) is 52.9 Å². The summed E-state index contributed by atoms with van der Waals surface area (Å²) < 4.78 is 0. The Morgan fingerprint density at radius 2 is 2.00 bits per heavy atom. The van der Waals surface area contributed by atoms with Crippen LogP contribution in [0.2, 0.25) is 0 Å². The van der Waals surface area contributed by atoms with E-state index in [2.05, 4.69) is 31.4 Å². The number of hydrogen-bond acceptors (Lipinski definition) is 4. The molecule has 3 unspecified atom stereocenters. The van der Waals surface area contributed by atoms with E-state index in [1.807, 2.05) is 7.05 Å². The van der Waals surface area contributed by atoms with Gasteiger partial charge in [-0.05, 0) is 50.5 Å². The van der Waals surface area contributed by atoms with E-state index < -0.39 is 11.6 Å². The molecule has 0 radical (unpaired) electrons. The summed E-state index contributed by atoms with van der Waals surface area (Å²) in [6.45, 7) is 7.58. The maximum atomic E-state index is 13.1. The third-order valence-electron chi connectivity index (χ3n) is 6.10. The van der Waals surface area contributed by atoms with Crippen molar-refractivity contribution in [1.82, 2.24) is 20.4 Å². The van der Waals surface area contributed by atoms with Gasteiger partial charge in [-0.15, -0.1) is 12.4 Å². The molecular weight excluding hydrogens is 368 g/mol. The molecule has 0 aromatic rings.